The average Bonchev–Trinajstić information content (AvgIpc) is 2.35. The van der Waals surface area contributed by atoms with E-state index >= 15 is 0 Å². The summed E-state index contributed by atoms with van der Waals surface area (Å²) in [6.45, 7) is 9.11. The summed E-state index contributed by atoms with van der Waals surface area (Å²) < 4.78 is 5.17. The molecule has 4 heteroatoms. The van der Waals surface area contributed by atoms with Crippen molar-refractivity contribution in [2.75, 3.05) is 6.61 Å². The van der Waals surface area contributed by atoms with Gasteiger partial charge in [-0.05, 0) is 38.3 Å². The Balaban J connectivity index is 2.57. The molecule has 0 radical (unpaired) electrons. The number of carbonyl (C=O) groups is 1. The zero-order valence-electron chi connectivity index (χ0n) is 12.3. The first-order chi connectivity index (χ1) is 9.31. The van der Waals surface area contributed by atoms with Crippen molar-refractivity contribution < 1.29 is 14.6 Å². The lowest BCUT2D eigenvalue weighted by Crippen LogP contribution is -2.42. The van der Waals surface area contributed by atoms with Gasteiger partial charge in [-0.25, -0.2) is 4.79 Å². The highest BCUT2D eigenvalue weighted by Crippen LogP contribution is 2.11. The van der Waals surface area contributed by atoms with E-state index in [9.17, 15) is 9.90 Å². The number of alkyl carbamates (subject to hydrolysis) is 1. The van der Waals surface area contributed by atoms with Gasteiger partial charge in [0.25, 0.3) is 0 Å². The van der Waals surface area contributed by atoms with Crippen LogP contribution in [0.15, 0.2) is 42.5 Å². The van der Waals surface area contributed by atoms with Gasteiger partial charge in [0, 0.05) is 0 Å². The SMILES string of the molecule is C=C(Cc1ccccc1)[C@H](CO)NC(=O)OC(C)(C)C. The Morgan fingerprint density at radius 2 is 1.95 bits per heavy atom. The molecule has 0 fully saturated rings. The molecule has 0 saturated heterocycles. The molecule has 0 saturated carbocycles. The summed E-state index contributed by atoms with van der Waals surface area (Å²) in [5.41, 5.74) is 1.26. The zero-order chi connectivity index (χ0) is 15.2. The second kappa shape index (κ2) is 7.10. The van der Waals surface area contributed by atoms with Crippen molar-refractivity contribution in [3.8, 4) is 0 Å². The molecular weight excluding hydrogens is 254 g/mol. The molecule has 1 rings (SSSR count). The fourth-order valence-corrected chi connectivity index (χ4v) is 1.71. The van der Waals surface area contributed by atoms with E-state index in [1.54, 1.807) is 20.8 Å². The highest BCUT2D eigenvalue weighted by atomic mass is 16.6. The van der Waals surface area contributed by atoms with E-state index < -0.39 is 17.7 Å². The van der Waals surface area contributed by atoms with Gasteiger partial charge in [0.2, 0.25) is 0 Å². The van der Waals surface area contributed by atoms with E-state index in [-0.39, 0.29) is 6.61 Å². The predicted octanol–water partition coefficient (Wildman–Crippen LogP) is 2.67. The van der Waals surface area contributed by atoms with Crippen LogP contribution in [0.3, 0.4) is 0 Å². The molecule has 1 aromatic carbocycles. The lowest BCUT2D eigenvalue weighted by atomic mass is 10.0. The monoisotopic (exact) mass is 277 g/mol. The third-order valence-electron chi connectivity index (χ3n) is 2.64. The third kappa shape index (κ3) is 5.89. The van der Waals surface area contributed by atoms with Gasteiger partial charge in [-0.3, -0.25) is 0 Å². The number of nitrogens with one attached hydrogen (secondary N) is 1. The smallest absolute Gasteiger partial charge is 0.408 e. The molecule has 0 heterocycles. The van der Waals surface area contributed by atoms with E-state index in [0.717, 1.165) is 11.1 Å². The summed E-state index contributed by atoms with van der Waals surface area (Å²) in [6, 6.07) is 9.27. The number of aliphatic hydroxyl groups excluding tert-OH is 1. The van der Waals surface area contributed by atoms with Crippen LogP contribution < -0.4 is 5.32 Å². The number of hydrogen-bond acceptors (Lipinski definition) is 3. The summed E-state index contributed by atoms with van der Waals surface area (Å²) in [4.78, 5) is 11.7. The predicted molar refractivity (Wildman–Crippen MR) is 79.5 cm³/mol. The summed E-state index contributed by atoms with van der Waals surface area (Å²) in [7, 11) is 0. The molecule has 0 aliphatic carbocycles. The van der Waals surface area contributed by atoms with Crippen molar-refractivity contribution in [1.82, 2.24) is 5.32 Å². The third-order valence-corrected chi connectivity index (χ3v) is 2.64. The Bertz CT molecular complexity index is 449. The summed E-state index contributed by atoms with van der Waals surface area (Å²) >= 11 is 0. The van der Waals surface area contributed by atoms with Crippen LogP contribution in [0.2, 0.25) is 0 Å². The molecule has 0 aliphatic rings. The average molecular weight is 277 g/mol. The van der Waals surface area contributed by atoms with E-state index in [2.05, 4.69) is 11.9 Å². The first-order valence-electron chi connectivity index (χ1n) is 6.64. The molecule has 0 spiro atoms. The summed E-state index contributed by atoms with van der Waals surface area (Å²) in [5.74, 6) is 0. The minimum atomic E-state index is -0.565. The van der Waals surface area contributed by atoms with Gasteiger partial charge >= 0.3 is 6.09 Å². The molecule has 0 unspecified atom stereocenters. The number of amides is 1. The Hall–Kier alpha value is -1.81. The highest BCUT2D eigenvalue weighted by Gasteiger charge is 2.20. The molecule has 1 amide bonds. The van der Waals surface area contributed by atoms with Crippen molar-refractivity contribution in [3.63, 3.8) is 0 Å². The second-order valence-corrected chi connectivity index (χ2v) is 5.70. The van der Waals surface area contributed by atoms with Crippen LogP contribution in [0, 0.1) is 0 Å². The van der Waals surface area contributed by atoms with Crippen molar-refractivity contribution in [2.24, 2.45) is 0 Å². The van der Waals surface area contributed by atoms with E-state index in [4.69, 9.17) is 4.74 Å². The number of rotatable bonds is 5. The van der Waals surface area contributed by atoms with E-state index in [1.165, 1.54) is 0 Å². The lowest BCUT2D eigenvalue weighted by Gasteiger charge is -2.24. The number of aliphatic hydroxyl groups is 1. The molecular formula is C16H23NO3. The van der Waals surface area contributed by atoms with Gasteiger partial charge in [-0.1, -0.05) is 36.9 Å². The van der Waals surface area contributed by atoms with E-state index in [0.29, 0.717) is 6.42 Å². The van der Waals surface area contributed by atoms with Crippen molar-refractivity contribution in [1.29, 1.82) is 0 Å². The molecule has 0 aromatic heterocycles. The zero-order valence-corrected chi connectivity index (χ0v) is 12.3. The maximum Gasteiger partial charge on any atom is 0.408 e. The van der Waals surface area contributed by atoms with Crippen LogP contribution in [0.4, 0.5) is 4.79 Å². The van der Waals surface area contributed by atoms with Crippen molar-refractivity contribution in [2.45, 2.75) is 38.8 Å². The number of carbonyl (C=O) groups excluding carboxylic acids is 1. The van der Waals surface area contributed by atoms with Gasteiger partial charge in [0.15, 0.2) is 0 Å². The minimum absolute atomic E-state index is 0.203. The minimum Gasteiger partial charge on any atom is -0.444 e. The Morgan fingerprint density at radius 3 is 2.45 bits per heavy atom. The maximum absolute atomic E-state index is 11.7. The van der Waals surface area contributed by atoms with Crippen LogP contribution in [0.5, 0.6) is 0 Å². The number of benzene rings is 1. The lowest BCUT2D eigenvalue weighted by molar-refractivity contribution is 0.0494. The van der Waals surface area contributed by atoms with Crippen LogP contribution in [0.1, 0.15) is 26.3 Å². The van der Waals surface area contributed by atoms with Gasteiger partial charge in [-0.15, -0.1) is 0 Å². The number of ether oxygens (including phenoxy) is 1. The molecule has 1 aromatic rings. The van der Waals surface area contributed by atoms with E-state index in [1.807, 2.05) is 30.3 Å². The van der Waals surface area contributed by atoms with Crippen LogP contribution in [-0.4, -0.2) is 29.4 Å². The Kier molecular flexibility index (Phi) is 5.77. The van der Waals surface area contributed by atoms with Gasteiger partial charge < -0.3 is 15.2 Å². The molecule has 4 nitrogen and oxygen atoms in total. The Labute approximate surface area is 120 Å². The quantitative estimate of drug-likeness (QED) is 0.813. The molecule has 110 valence electrons. The maximum atomic E-state index is 11.7. The first kappa shape index (κ1) is 16.2. The fourth-order valence-electron chi connectivity index (χ4n) is 1.71. The normalized spacial score (nSPS) is 12.6. The summed E-state index contributed by atoms with van der Waals surface area (Å²) in [5, 5.41) is 12.0. The first-order valence-corrected chi connectivity index (χ1v) is 6.64. The standard InChI is InChI=1S/C16H23NO3/c1-12(10-13-8-6-5-7-9-13)14(11-18)17-15(19)20-16(2,3)4/h5-9,14,18H,1,10-11H2,2-4H3,(H,17,19)/t14-/m0/s1. The molecule has 1 atom stereocenters. The van der Waals surface area contributed by atoms with Crippen molar-refractivity contribution in [3.05, 3.63) is 48.0 Å². The molecule has 20 heavy (non-hydrogen) atoms. The second-order valence-electron chi connectivity index (χ2n) is 5.70. The largest absolute Gasteiger partial charge is 0.444 e. The van der Waals surface area contributed by atoms with Gasteiger partial charge in [-0.2, -0.15) is 0 Å². The number of hydrogen-bond donors (Lipinski definition) is 2. The van der Waals surface area contributed by atoms with Crippen molar-refractivity contribution >= 4 is 6.09 Å². The topological polar surface area (TPSA) is 58.6 Å². The summed E-state index contributed by atoms with van der Waals surface area (Å²) in [6.07, 6.45) is 0.0489. The highest BCUT2D eigenvalue weighted by molar-refractivity contribution is 5.68. The molecule has 0 bridgehead atoms. The van der Waals surface area contributed by atoms with Gasteiger partial charge in [0.05, 0.1) is 12.6 Å². The molecule has 2 N–H and O–H groups in total. The van der Waals surface area contributed by atoms with Crippen LogP contribution >= 0.6 is 0 Å². The Morgan fingerprint density at radius 1 is 1.35 bits per heavy atom. The van der Waals surface area contributed by atoms with Crippen LogP contribution in [0.25, 0.3) is 0 Å². The molecule has 0 aliphatic heterocycles. The van der Waals surface area contributed by atoms with Crippen LogP contribution in [-0.2, 0) is 11.2 Å². The van der Waals surface area contributed by atoms with Gasteiger partial charge in [0.1, 0.15) is 5.60 Å². The fraction of sp³-hybridized carbons (Fsp3) is 0.438.